The van der Waals surface area contributed by atoms with Gasteiger partial charge in [-0.15, -0.1) is 0 Å². The quantitative estimate of drug-likeness (QED) is 0.184. The maximum atomic E-state index is 8.93. The number of hydrogen-bond acceptors (Lipinski definition) is 2. The Morgan fingerprint density at radius 3 is 1.77 bits per heavy atom. The summed E-state index contributed by atoms with van der Waals surface area (Å²) in [5.41, 5.74) is 8.08. The van der Waals surface area contributed by atoms with Gasteiger partial charge in [0.2, 0.25) is 0 Å². The molecule has 0 fully saturated rings. The number of furan rings is 2. The van der Waals surface area contributed by atoms with E-state index in [1.165, 1.54) is 0 Å². The molecule has 2 heterocycles. The average molecular weight is 618 g/mol. The van der Waals surface area contributed by atoms with Crippen LogP contribution in [-0.2, 0) is 0 Å². The van der Waals surface area contributed by atoms with Gasteiger partial charge >= 0.3 is 0 Å². The van der Waals surface area contributed by atoms with Crippen LogP contribution in [0.15, 0.2) is 179 Å². The molecule has 0 aliphatic heterocycles. The summed E-state index contributed by atoms with van der Waals surface area (Å²) < 4.78 is 56.0. The molecular weight excluding hydrogens is 585 g/mol. The van der Waals surface area contributed by atoms with E-state index in [9.17, 15) is 0 Å². The Hall–Kier alpha value is -6.38. The van der Waals surface area contributed by atoms with E-state index < -0.39 is 6.04 Å². The lowest BCUT2D eigenvalue weighted by Gasteiger charge is -2.18. The van der Waals surface area contributed by atoms with Crippen molar-refractivity contribution in [3.8, 4) is 44.7 Å². The molecule has 0 unspecified atom stereocenters. The summed E-state index contributed by atoms with van der Waals surface area (Å²) in [7, 11) is 0. The van der Waals surface area contributed by atoms with Gasteiger partial charge in [-0.2, -0.15) is 0 Å². The zero-order chi connectivity index (χ0) is 36.0. The van der Waals surface area contributed by atoms with Crippen molar-refractivity contribution in [1.82, 2.24) is 0 Å². The Balaban J connectivity index is 1.27. The van der Waals surface area contributed by atoms with Crippen LogP contribution in [0, 0.1) is 0 Å². The molecule has 0 amide bonds. The SMILES string of the molecule is [2H]c1c([2H])c([2H])c(-c2c3ccccc3c(-c3ccc(-c4ccc5oc(-c6ccccc6)cc5c4)c4oc5ccccc5c34)c3ccccc23)c([2H])c1[2H]. The molecule has 0 atom stereocenters. The van der Waals surface area contributed by atoms with Crippen LogP contribution >= 0.6 is 0 Å². The van der Waals surface area contributed by atoms with Crippen LogP contribution in [0.4, 0.5) is 0 Å². The fourth-order valence-electron chi connectivity index (χ4n) is 7.28. The maximum Gasteiger partial charge on any atom is 0.143 e. The topological polar surface area (TPSA) is 26.3 Å². The third-order valence-corrected chi connectivity index (χ3v) is 9.36. The largest absolute Gasteiger partial charge is 0.456 e. The minimum atomic E-state index is -0.410. The maximum absolute atomic E-state index is 8.93. The fraction of sp³-hybridized carbons (Fsp3) is 0. The van der Waals surface area contributed by atoms with Crippen LogP contribution in [-0.4, -0.2) is 0 Å². The molecule has 10 rings (SSSR count). The van der Waals surface area contributed by atoms with Crippen LogP contribution in [0.1, 0.15) is 6.85 Å². The van der Waals surface area contributed by atoms with Gasteiger partial charge in [0.25, 0.3) is 0 Å². The van der Waals surface area contributed by atoms with Crippen LogP contribution in [0.5, 0.6) is 0 Å². The van der Waals surface area contributed by atoms with Crippen molar-refractivity contribution in [1.29, 1.82) is 0 Å². The third-order valence-electron chi connectivity index (χ3n) is 9.36. The molecule has 2 nitrogen and oxygen atoms in total. The van der Waals surface area contributed by atoms with Crippen LogP contribution in [0.2, 0.25) is 0 Å². The normalized spacial score (nSPS) is 13.2. The first-order valence-electron chi connectivity index (χ1n) is 18.4. The van der Waals surface area contributed by atoms with E-state index in [1.54, 1.807) is 0 Å². The lowest BCUT2D eigenvalue weighted by atomic mass is 9.84. The van der Waals surface area contributed by atoms with Crippen molar-refractivity contribution in [2.24, 2.45) is 0 Å². The highest BCUT2D eigenvalue weighted by molar-refractivity contribution is 6.26. The smallest absolute Gasteiger partial charge is 0.143 e. The highest BCUT2D eigenvalue weighted by Gasteiger charge is 2.22. The van der Waals surface area contributed by atoms with E-state index in [4.69, 9.17) is 15.7 Å². The second kappa shape index (κ2) is 10.6. The fourth-order valence-corrected chi connectivity index (χ4v) is 7.28. The molecule has 2 aromatic heterocycles. The summed E-state index contributed by atoms with van der Waals surface area (Å²) in [6, 6.07) is 45.1. The molecule has 0 saturated carbocycles. The number of hydrogen-bond donors (Lipinski definition) is 0. The first-order chi connectivity index (χ1) is 25.9. The predicted octanol–water partition coefficient (Wildman–Crippen LogP) is 13.3. The first-order valence-corrected chi connectivity index (χ1v) is 15.9. The molecular formula is C46H28O2. The van der Waals surface area contributed by atoms with Crippen molar-refractivity contribution in [2.45, 2.75) is 0 Å². The van der Waals surface area contributed by atoms with E-state index >= 15 is 0 Å². The summed E-state index contributed by atoms with van der Waals surface area (Å²) in [4.78, 5) is 0. The van der Waals surface area contributed by atoms with Crippen molar-refractivity contribution in [2.75, 3.05) is 0 Å². The molecule has 0 N–H and O–H groups in total. The monoisotopic (exact) mass is 617 g/mol. The molecule has 224 valence electrons. The number of benzene rings is 8. The van der Waals surface area contributed by atoms with Gasteiger partial charge in [-0.3, -0.25) is 0 Å². The molecule has 8 aromatic carbocycles. The Bertz CT molecular complexity index is 3040. The number of para-hydroxylation sites is 1. The highest BCUT2D eigenvalue weighted by atomic mass is 16.3. The standard InChI is InChI=1S/C46H28O2/c1-3-13-29(14-4-1)42-28-32-27-31(23-26-40(32)47-42)33-24-25-39(45-38-21-11-12-22-41(38)48-46(33)45)44-36-19-9-7-17-34(36)43(30-15-5-2-6-16-30)35-18-8-10-20-37(35)44/h1-28H/i2D,5D,6D,15D,16D. The predicted molar refractivity (Wildman–Crippen MR) is 200 cm³/mol. The Labute approximate surface area is 284 Å². The molecule has 2 heteroatoms. The summed E-state index contributed by atoms with van der Waals surface area (Å²) in [6.45, 7) is 0. The van der Waals surface area contributed by atoms with E-state index in [1.807, 2.05) is 91.0 Å². The van der Waals surface area contributed by atoms with Gasteiger partial charge < -0.3 is 8.83 Å². The molecule has 0 aliphatic carbocycles. The van der Waals surface area contributed by atoms with Gasteiger partial charge in [0, 0.05) is 27.3 Å². The third kappa shape index (κ3) is 4.06. The Morgan fingerprint density at radius 2 is 1.04 bits per heavy atom. The molecule has 0 aliphatic rings. The van der Waals surface area contributed by atoms with Crippen molar-refractivity contribution in [3.05, 3.63) is 170 Å². The zero-order valence-corrected chi connectivity index (χ0v) is 25.6. The van der Waals surface area contributed by atoms with Crippen LogP contribution < -0.4 is 0 Å². The van der Waals surface area contributed by atoms with Gasteiger partial charge in [-0.05, 0) is 79.7 Å². The summed E-state index contributed by atoms with van der Waals surface area (Å²) >= 11 is 0. The minimum absolute atomic E-state index is 0.189. The van der Waals surface area contributed by atoms with Crippen molar-refractivity contribution >= 4 is 54.5 Å². The van der Waals surface area contributed by atoms with Crippen LogP contribution in [0.25, 0.3) is 99.2 Å². The lowest BCUT2D eigenvalue weighted by molar-refractivity contribution is 0.631. The molecule has 0 radical (unpaired) electrons. The highest BCUT2D eigenvalue weighted by Crippen LogP contribution is 2.48. The number of rotatable bonds is 4. The summed E-state index contributed by atoms with van der Waals surface area (Å²) in [5, 5.41) is 6.35. The van der Waals surface area contributed by atoms with Gasteiger partial charge in [0.05, 0.1) is 6.85 Å². The van der Waals surface area contributed by atoms with Crippen LogP contribution in [0.3, 0.4) is 0 Å². The Morgan fingerprint density at radius 1 is 0.417 bits per heavy atom. The van der Waals surface area contributed by atoms with Gasteiger partial charge in [-0.25, -0.2) is 0 Å². The second-order valence-corrected chi connectivity index (χ2v) is 12.0. The zero-order valence-electron chi connectivity index (χ0n) is 30.6. The van der Waals surface area contributed by atoms with E-state index in [2.05, 4.69) is 48.5 Å². The van der Waals surface area contributed by atoms with E-state index in [-0.39, 0.29) is 29.7 Å². The molecule has 10 aromatic rings. The molecule has 0 bridgehead atoms. The minimum Gasteiger partial charge on any atom is -0.456 e. The average Bonchev–Trinajstić information content (AvgIpc) is 3.81. The van der Waals surface area contributed by atoms with E-state index in [0.717, 1.165) is 88.0 Å². The molecule has 48 heavy (non-hydrogen) atoms. The number of fused-ring (bicyclic) bond motifs is 6. The molecule has 0 saturated heterocycles. The Kier molecular flexibility index (Phi) is 4.89. The van der Waals surface area contributed by atoms with Crippen molar-refractivity contribution in [3.63, 3.8) is 0 Å². The first kappa shape index (κ1) is 22.2. The summed E-state index contributed by atoms with van der Waals surface area (Å²) in [5.74, 6) is 0.813. The van der Waals surface area contributed by atoms with Gasteiger partial charge in [0.1, 0.15) is 22.5 Å². The van der Waals surface area contributed by atoms with Gasteiger partial charge in [-0.1, -0.05) is 139 Å². The van der Waals surface area contributed by atoms with E-state index in [0.29, 0.717) is 5.56 Å². The summed E-state index contributed by atoms with van der Waals surface area (Å²) in [6.07, 6.45) is 0. The second-order valence-electron chi connectivity index (χ2n) is 12.0. The lowest BCUT2D eigenvalue weighted by Crippen LogP contribution is -1.91. The van der Waals surface area contributed by atoms with Crippen molar-refractivity contribution < 1.29 is 15.7 Å². The molecule has 0 spiro atoms. The van der Waals surface area contributed by atoms with Gasteiger partial charge in [0.15, 0.2) is 0 Å².